The minimum Gasteiger partial charge on any atom is -0.477 e. The van der Waals surface area contributed by atoms with Crippen LogP contribution in [0.4, 0.5) is 5.69 Å². The molecular formula is C21H25ClN4O3. The van der Waals surface area contributed by atoms with Gasteiger partial charge in [-0.25, -0.2) is 0 Å². The van der Waals surface area contributed by atoms with Crippen molar-refractivity contribution in [1.82, 2.24) is 15.1 Å². The number of benzene rings is 1. The minimum absolute atomic E-state index is 0.124. The number of amides is 2. The molecule has 1 N–H and O–H groups in total. The molecule has 0 fully saturated rings. The predicted octanol–water partition coefficient (Wildman–Crippen LogP) is 3.05. The standard InChI is InChI=1S/C21H25ClN4O3/c1-13(2)11-26-20(22)15(14(3)24-26)9-10-19(27)25-12-18(21(28)23-4)29-17-8-6-5-7-16(17)25/h5-10,13,18H,11-12H2,1-4H3,(H,23,28)/b10-9+. The van der Waals surface area contributed by atoms with E-state index >= 15 is 0 Å². The first kappa shape index (κ1) is 20.9. The van der Waals surface area contributed by atoms with E-state index in [0.717, 1.165) is 5.69 Å². The largest absolute Gasteiger partial charge is 0.477 e. The predicted molar refractivity (Wildman–Crippen MR) is 113 cm³/mol. The van der Waals surface area contributed by atoms with E-state index in [4.69, 9.17) is 16.3 Å². The van der Waals surface area contributed by atoms with Crippen LogP contribution in [0.25, 0.3) is 6.08 Å². The Balaban J connectivity index is 1.86. The number of carbonyl (C=O) groups excluding carboxylic acids is 2. The number of hydrogen-bond acceptors (Lipinski definition) is 4. The van der Waals surface area contributed by atoms with Gasteiger partial charge in [-0.15, -0.1) is 0 Å². The zero-order valence-electron chi connectivity index (χ0n) is 17.0. The van der Waals surface area contributed by atoms with Crippen molar-refractivity contribution in [2.75, 3.05) is 18.5 Å². The smallest absolute Gasteiger partial charge is 0.262 e. The third-order valence-electron chi connectivity index (χ3n) is 4.62. The van der Waals surface area contributed by atoms with Gasteiger partial charge in [0.15, 0.2) is 6.10 Å². The number of nitrogens with one attached hydrogen (secondary N) is 1. The van der Waals surface area contributed by atoms with E-state index in [0.29, 0.717) is 34.6 Å². The second kappa shape index (κ2) is 8.69. The van der Waals surface area contributed by atoms with Gasteiger partial charge in [-0.2, -0.15) is 5.10 Å². The summed E-state index contributed by atoms with van der Waals surface area (Å²) in [6.07, 6.45) is 2.36. The van der Waals surface area contributed by atoms with Gasteiger partial charge in [-0.3, -0.25) is 14.3 Å². The van der Waals surface area contributed by atoms with Crippen LogP contribution in [0.3, 0.4) is 0 Å². The highest BCUT2D eigenvalue weighted by atomic mass is 35.5. The Kier molecular flexibility index (Phi) is 6.27. The van der Waals surface area contributed by atoms with Crippen molar-refractivity contribution in [3.63, 3.8) is 0 Å². The summed E-state index contributed by atoms with van der Waals surface area (Å²) in [4.78, 5) is 26.6. The van der Waals surface area contributed by atoms with Gasteiger partial charge in [0.1, 0.15) is 10.9 Å². The van der Waals surface area contributed by atoms with Gasteiger partial charge >= 0.3 is 0 Å². The number of aromatic nitrogens is 2. The number of likely N-dealkylation sites (N-methyl/N-ethyl adjacent to an activating group) is 1. The van der Waals surface area contributed by atoms with Crippen LogP contribution in [-0.2, 0) is 16.1 Å². The van der Waals surface area contributed by atoms with Crippen LogP contribution in [0.15, 0.2) is 30.3 Å². The lowest BCUT2D eigenvalue weighted by Crippen LogP contribution is -2.49. The third kappa shape index (κ3) is 4.45. The Morgan fingerprint density at radius 2 is 2.10 bits per heavy atom. The maximum absolute atomic E-state index is 13.0. The van der Waals surface area contributed by atoms with Crippen LogP contribution in [-0.4, -0.2) is 41.3 Å². The topological polar surface area (TPSA) is 76.5 Å². The fourth-order valence-electron chi connectivity index (χ4n) is 3.21. The molecule has 1 atom stereocenters. The molecule has 2 aromatic rings. The number of halogens is 1. The molecule has 0 saturated carbocycles. The lowest BCUT2D eigenvalue weighted by atomic mass is 10.1. The molecule has 29 heavy (non-hydrogen) atoms. The van der Waals surface area contributed by atoms with Crippen LogP contribution < -0.4 is 15.0 Å². The van der Waals surface area contributed by atoms with Crippen molar-refractivity contribution in [3.05, 3.63) is 46.8 Å². The summed E-state index contributed by atoms with van der Waals surface area (Å²) in [6.45, 7) is 6.86. The average molecular weight is 417 g/mol. The quantitative estimate of drug-likeness (QED) is 0.760. The molecule has 8 heteroatoms. The van der Waals surface area contributed by atoms with Gasteiger partial charge in [0, 0.05) is 25.2 Å². The van der Waals surface area contributed by atoms with Crippen LogP contribution in [0.1, 0.15) is 25.1 Å². The SMILES string of the molecule is CNC(=O)C1CN(C(=O)/C=C/c2c(C)nn(CC(C)C)c2Cl)c2ccccc2O1. The van der Waals surface area contributed by atoms with Crippen molar-refractivity contribution >= 4 is 35.2 Å². The van der Waals surface area contributed by atoms with Gasteiger partial charge in [0.2, 0.25) is 0 Å². The fraction of sp³-hybridized carbons (Fsp3) is 0.381. The molecule has 0 aliphatic carbocycles. The molecule has 0 spiro atoms. The van der Waals surface area contributed by atoms with E-state index in [-0.39, 0.29) is 18.4 Å². The van der Waals surface area contributed by atoms with Gasteiger partial charge in [0.25, 0.3) is 11.8 Å². The Morgan fingerprint density at radius 3 is 2.79 bits per heavy atom. The molecule has 2 heterocycles. The van der Waals surface area contributed by atoms with E-state index < -0.39 is 6.10 Å². The zero-order valence-corrected chi connectivity index (χ0v) is 17.7. The second-order valence-electron chi connectivity index (χ2n) is 7.34. The number of aryl methyl sites for hydroxylation is 1. The lowest BCUT2D eigenvalue weighted by molar-refractivity contribution is -0.127. The summed E-state index contributed by atoms with van der Waals surface area (Å²) in [6, 6.07) is 7.16. The highest BCUT2D eigenvalue weighted by Gasteiger charge is 2.32. The summed E-state index contributed by atoms with van der Waals surface area (Å²) in [5, 5.41) is 7.53. The molecule has 1 aromatic carbocycles. The first-order valence-electron chi connectivity index (χ1n) is 9.51. The van der Waals surface area contributed by atoms with Crippen LogP contribution >= 0.6 is 11.6 Å². The van der Waals surface area contributed by atoms with Crippen LogP contribution in [0.5, 0.6) is 5.75 Å². The molecule has 1 unspecified atom stereocenters. The fourth-order valence-corrected chi connectivity index (χ4v) is 3.52. The van der Waals surface area contributed by atoms with Crippen molar-refractivity contribution < 1.29 is 14.3 Å². The van der Waals surface area contributed by atoms with E-state index in [1.54, 1.807) is 29.0 Å². The van der Waals surface area contributed by atoms with E-state index in [2.05, 4.69) is 24.3 Å². The molecule has 1 aliphatic heterocycles. The average Bonchev–Trinajstić information content (AvgIpc) is 2.96. The first-order valence-corrected chi connectivity index (χ1v) is 9.89. The molecule has 0 bridgehead atoms. The van der Waals surface area contributed by atoms with Crippen molar-refractivity contribution in [2.24, 2.45) is 5.92 Å². The summed E-state index contributed by atoms with van der Waals surface area (Å²) >= 11 is 6.46. The van der Waals surface area contributed by atoms with Gasteiger partial charge in [-0.05, 0) is 31.1 Å². The molecule has 2 amide bonds. The molecular weight excluding hydrogens is 392 g/mol. The monoisotopic (exact) mass is 416 g/mol. The molecule has 154 valence electrons. The number of rotatable bonds is 5. The van der Waals surface area contributed by atoms with Crippen molar-refractivity contribution in [2.45, 2.75) is 33.4 Å². The first-order chi connectivity index (χ1) is 13.8. The summed E-state index contributed by atoms with van der Waals surface area (Å²) in [7, 11) is 1.54. The van der Waals surface area contributed by atoms with E-state index in [9.17, 15) is 9.59 Å². The lowest BCUT2D eigenvalue weighted by Gasteiger charge is -2.33. The number of carbonyl (C=O) groups is 2. The molecule has 0 saturated heterocycles. The Bertz CT molecular complexity index is 951. The van der Waals surface area contributed by atoms with Crippen LogP contribution in [0.2, 0.25) is 5.15 Å². The van der Waals surface area contributed by atoms with Gasteiger partial charge < -0.3 is 15.0 Å². The normalized spacial score (nSPS) is 16.1. The summed E-state index contributed by atoms with van der Waals surface area (Å²) < 4.78 is 7.49. The maximum Gasteiger partial charge on any atom is 0.262 e. The maximum atomic E-state index is 13.0. The number of nitrogens with zero attached hydrogens (tertiary/aromatic N) is 3. The zero-order chi connectivity index (χ0) is 21.1. The molecule has 0 radical (unpaired) electrons. The highest BCUT2D eigenvalue weighted by molar-refractivity contribution is 6.31. The third-order valence-corrected chi connectivity index (χ3v) is 5.02. The second-order valence-corrected chi connectivity index (χ2v) is 7.69. The van der Waals surface area contributed by atoms with E-state index in [1.165, 1.54) is 18.0 Å². The van der Waals surface area contributed by atoms with E-state index in [1.807, 2.05) is 13.0 Å². The number of hydrogen-bond donors (Lipinski definition) is 1. The number of para-hydroxylation sites is 2. The van der Waals surface area contributed by atoms with Gasteiger partial charge in [-0.1, -0.05) is 37.6 Å². The van der Waals surface area contributed by atoms with Crippen LogP contribution in [0, 0.1) is 12.8 Å². The number of ether oxygens (including phenoxy) is 1. The number of anilines is 1. The molecule has 1 aliphatic rings. The van der Waals surface area contributed by atoms with Crippen molar-refractivity contribution in [3.8, 4) is 5.75 Å². The molecule has 3 rings (SSSR count). The summed E-state index contributed by atoms with van der Waals surface area (Å²) in [5.41, 5.74) is 2.09. The molecule has 1 aromatic heterocycles. The summed E-state index contributed by atoms with van der Waals surface area (Å²) in [5.74, 6) is 0.349. The molecule has 7 nitrogen and oxygen atoms in total. The Morgan fingerprint density at radius 1 is 1.38 bits per heavy atom. The van der Waals surface area contributed by atoms with Crippen molar-refractivity contribution in [1.29, 1.82) is 0 Å². The van der Waals surface area contributed by atoms with Gasteiger partial charge in [0.05, 0.1) is 17.9 Å². The Hall–Kier alpha value is -2.80. The Labute approximate surface area is 175 Å². The highest BCUT2D eigenvalue weighted by Crippen LogP contribution is 2.33. The minimum atomic E-state index is -0.772. The number of fused-ring (bicyclic) bond motifs is 1.